The zero-order chi connectivity index (χ0) is 22.1. The number of carbonyl (C=O) groups is 2. The van der Waals surface area contributed by atoms with Gasteiger partial charge in [-0.25, -0.2) is 0 Å². The van der Waals surface area contributed by atoms with E-state index in [9.17, 15) is 9.59 Å². The van der Waals surface area contributed by atoms with Crippen molar-refractivity contribution in [3.63, 3.8) is 0 Å². The summed E-state index contributed by atoms with van der Waals surface area (Å²) in [6, 6.07) is 15.3. The van der Waals surface area contributed by atoms with Crippen LogP contribution in [0.1, 0.15) is 64.0 Å². The molecule has 6 nitrogen and oxygen atoms in total. The molecule has 2 N–H and O–H groups in total. The lowest BCUT2D eigenvalue weighted by molar-refractivity contribution is -0.133. The number of hydrogen-bond acceptors (Lipinski definition) is 4. The van der Waals surface area contributed by atoms with Gasteiger partial charge in [-0.15, -0.1) is 0 Å². The van der Waals surface area contributed by atoms with E-state index < -0.39 is 17.9 Å². The van der Waals surface area contributed by atoms with Crippen molar-refractivity contribution in [2.75, 3.05) is 6.61 Å². The van der Waals surface area contributed by atoms with Gasteiger partial charge in [-0.2, -0.15) is 0 Å². The maximum Gasteiger partial charge on any atom is 0.279 e. The van der Waals surface area contributed by atoms with Crippen molar-refractivity contribution in [1.82, 2.24) is 10.9 Å². The van der Waals surface area contributed by atoms with Gasteiger partial charge in [-0.1, -0.05) is 58.0 Å². The van der Waals surface area contributed by atoms with E-state index in [0.29, 0.717) is 23.3 Å². The van der Waals surface area contributed by atoms with Gasteiger partial charge in [-0.05, 0) is 54.5 Å². The van der Waals surface area contributed by atoms with Crippen LogP contribution in [0.25, 0.3) is 0 Å². The molecule has 0 spiro atoms. The molecule has 0 bridgehead atoms. The number of hydrazine groups is 1. The van der Waals surface area contributed by atoms with Crippen molar-refractivity contribution in [1.29, 1.82) is 0 Å². The van der Waals surface area contributed by atoms with Crippen molar-refractivity contribution < 1.29 is 19.1 Å². The van der Waals surface area contributed by atoms with Crippen LogP contribution in [0.5, 0.6) is 11.5 Å². The van der Waals surface area contributed by atoms with Crippen LogP contribution < -0.4 is 20.3 Å². The average Bonchev–Trinajstić information content (AvgIpc) is 2.75. The fourth-order valence-electron chi connectivity index (χ4n) is 2.84. The Morgan fingerprint density at radius 2 is 1.60 bits per heavy atom. The van der Waals surface area contributed by atoms with Gasteiger partial charge >= 0.3 is 0 Å². The summed E-state index contributed by atoms with van der Waals surface area (Å²) < 4.78 is 11.3. The number of carbonyl (C=O) groups excluding carboxylic acids is 2. The fourth-order valence-corrected chi connectivity index (χ4v) is 2.84. The zero-order valence-electron chi connectivity index (χ0n) is 18.4. The van der Waals surface area contributed by atoms with Gasteiger partial charge in [0.15, 0.2) is 12.7 Å². The summed E-state index contributed by atoms with van der Waals surface area (Å²) in [7, 11) is 0. The molecular formula is C24H32N2O4. The molecule has 2 aromatic rings. The zero-order valence-corrected chi connectivity index (χ0v) is 18.4. The quantitative estimate of drug-likeness (QED) is 0.602. The number of nitrogens with one attached hydrogen (secondary N) is 2. The summed E-state index contributed by atoms with van der Waals surface area (Å²) >= 11 is 0. The highest BCUT2D eigenvalue weighted by atomic mass is 16.5. The van der Waals surface area contributed by atoms with Gasteiger partial charge in [0.1, 0.15) is 11.5 Å². The Labute approximate surface area is 178 Å². The fraction of sp³-hybridized carbons (Fsp3) is 0.417. The van der Waals surface area contributed by atoms with E-state index in [1.807, 2.05) is 48.5 Å². The van der Waals surface area contributed by atoms with Crippen LogP contribution in [0.3, 0.4) is 0 Å². The highest BCUT2D eigenvalue weighted by Gasteiger charge is 2.16. The molecule has 2 atom stereocenters. The third-order valence-electron chi connectivity index (χ3n) is 4.98. The lowest BCUT2D eigenvalue weighted by Crippen LogP contribution is -2.48. The van der Waals surface area contributed by atoms with Crippen molar-refractivity contribution in [2.45, 2.75) is 59.0 Å². The first-order valence-corrected chi connectivity index (χ1v) is 10.4. The molecule has 2 amide bonds. The minimum Gasteiger partial charge on any atom is -0.483 e. The molecule has 0 fully saturated rings. The Morgan fingerprint density at radius 1 is 0.933 bits per heavy atom. The molecule has 0 radical (unpaired) electrons. The number of para-hydroxylation sites is 1. The van der Waals surface area contributed by atoms with Gasteiger partial charge in [0.25, 0.3) is 11.8 Å². The van der Waals surface area contributed by atoms with Crippen molar-refractivity contribution in [3.05, 3.63) is 59.7 Å². The van der Waals surface area contributed by atoms with Gasteiger partial charge in [0, 0.05) is 0 Å². The number of ether oxygens (including phenoxy) is 2. The molecule has 0 saturated carbocycles. The lowest BCUT2D eigenvalue weighted by atomic mass is 9.98. The second-order valence-electron chi connectivity index (χ2n) is 7.66. The smallest absolute Gasteiger partial charge is 0.279 e. The van der Waals surface area contributed by atoms with Gasteiger partial charge in [-0.3, -0.25) is 20.4 Å². The molecule has 2 aromatic carbocycles. The minimum atomic E-state index is -0.762. The Hall–Kier alpha value is -3.02. The SMILES string of the molecule is CCC(C)c1ccccc1OCC(=O)NNC(=O)C(C)Oc1ccc(C(C)C)cc1. The molecule has 0 saturated heterocycles. The van der Waals surface area contributed by atoms with E-state index in [2.05, 4.69) is 38.5 Å². The third kappa shape index (κ3) is 6.79. The largest absolute Gasteiger partial charge is 0.483 e. The minimum absolute atomic E-state index is 0.195. The third-order valence-corrected chi connectivity index (χ3v) is 4.98. The monoisotopic (exact) mass is 412 g/mol. The van der Waals surface area contributed by atoms with E-state index >= 15 is 0 Å². The topological polar surface area (TPSA) is 76.7 Å². The number of rotatable bonds is 9. The Morgan fingerprint density at radius 3 is 2.23 bits per heavy atom. The molecule has 162 valence electrons. The van der Waals surface area contributed by atoms with Crippen molar-refractivity contribution >= 4 is 11.8 Å². The normalized spacial score (nSPS) is 12.7. The summed E-state index contributed by atoms with van der Waals surface area (Å²) in [6.07, 6.45) is 0.211. The number of benzene rings is 2. The van der Waals surface area contributed by atoms with E-state index in [-0.39, 0.29) is 6.61 Å². The Balaban J connectivity index is 1.79. The van der Waals surface area contributed by atoms with Crippen LogP contribution in [-0.4, -0.2) is 24.5 Å². The molecule has 2 rings (SSSR count). The maximum absolute atomic E-state index is 12.2. The van der Waals surface area contributed by atoms with Gasteiger partial charge in [0.05, 0.1) is 0 Å². The van der Waals surface area contributed by atoms with Crippen LogP contribution in [0.15, 0.2) is 48.5 Å². The Bertz CT molecular complexity index is 833. The summed E-state index contributed by atoms with van der Waals surface area (Å²) in [6.45, 7) is 9.87. The van der Waals surface area contributed by atoms with Crippen molar-refractivity contribution in [3.8, 4) is 11.5 Å². The maximum atomic E-state index is 12.2. The van der Waals surface area contributed by atoms with Crippen LogP contribution in [-0.2, 0) is 9.59 Å². The molecule has 6 heteroatoms. The molecular weight excluding hydrogens is 380 g/mol. The Kier molecular flexibility index (Phi) is 8.71. The standard InChI is InChI=1S/C24H32N2O4/c1-6-17(4)21-9-7-8-10-22(21)29-15-23(27)25-26-24(28)18(5)30-20-13-11-19(12-14-20)16(2)3/h7-14,16-18H,6,15H2,1-5H3,(H,25,27)(H,26,28). The summed E-state index contributed by atoms with van der Waals surface area (Å²) in [5.74, 6) is 1.13. The molecule has 2 unspecified atom stereocenters. The summed E-state index contributed by atoms with van der Waals surface area (Å²) in [5.41, 5.74) is 6.99. The number of hydrogen-bond donors (Lipinski definition) is 2. The van der Waals surface area contributed by atoms with Crippen LogP contribution in [0.2, 0.25) is 0 Å². The van der Waals surface area contributed by atoms with E-state index in [1.165, 1.54) is 5.56 Å². The first kappa shape index (κ1) is 23.3. The van der Waals surface area contributed by atoms with Gasteiger partial charge < -0.3 is 9.47 Å². The summed E-state index contributed by atoms with van der Waals surface area (Å²) in [5, 5.41) is 0. The second kappa shape index (κ2) is 11.2. The predicted octanol–water partition coefficient (Wildman–Crippen LogP) is 4.32. The highest BCUT2D eigenvalue weighted by molar-refractivity contribution is 5.85. The lowest BCUT2D eigenvalue weighted by Gasteiger charge is -2.17. The average molecular weight is 413 g/mol. The van der Waals surface area contributed by atoms with Gasteiger partial charge in [0.2, 0.25) is 0 Å². The van der Waals surface area contributed by atoms with Crippen molar-refractivity contribution in [2.24, 2.45) is 0 Å². The molecule has 0 aromatic heterocycles. The van der Waals surface area contributed by atoms with Crippen LogP contribution in [0, 0.1) is 0 Å². The van der Waals surface area contributed by atoms with E-state index in [1.54, 1.807) is 6.92 Å². The molecule has 30 heavy (non-hydrogen) atoms. The van der Waals surface area contributed by atoms with Crippen LogP contribution in [0.4, 0.5) is 0 Å². The van der Waals surface area contributed by atoms with E-state index in [4.69, 9.17) is 9.47 Å². The van der Waals surface area contributed by atoms with Crippen LogP contribution >= 0.6 is 0 Å². The number of amides is 2. The first-order valence-electron chi connectivity index (χ1n) is 10.4. The second-order valence-corrected chi connectivity index (χ2v) is 7.66. The highest BCUT2D eigenvalue weighted by Crippen LogP contribution is 2.28. The molecule has 0 heterocycles. The summed E-state index contributed by atoms with van der Waals surface area (Å²) in [4.78, 5) is 24.3. The molecule has 0 aliphatic heterocycles. The molecule has 0 aliphatic rings. The van der Waals surface area contributed by atoms with E-state index in [0.717, 1.165) is 12.0 Å². The molecule has 0 aliphatic carbocycles. The first-order chi connectivity index (χ1) is 14.3. The predicted molar refractivity (Wildman–Crippen MR) is 118 cm³/mol.